The number of carboxylic acid groups (broad SMARTS) is 6. The Morgan fingerprint density at radius 1 is 0.792 bits per heavy atom. The molecule has 6 aliphatic rings. The fourth-order valence-electron chi connectivity index (χ4n) is 12.9. The van der Waals surface area contributed by atoms with Gasteiger partial charge in [-0.1, -0.05) is 6.92 Å². The first-order valence-electron chi connectivity index (χ1n) is 29.0. The second-order valence-electron chi connectivity index (χ2n) is 23.0. The summed E-state index contributed by atoms with van der Waals surface area (Å²) in [5.41, 5.74) is -3.47. The Hall–Kier alpha value is -10.4. The first-order chi connectivity index (χ1) is 46.1. The average Bonchev–Trinajstić information content (AvgIpc) is 1.46. The van der Waals surface area contributed by atoms with E-state index in [4.69, 9.17) is 29.8 Å². The third-order valence-electron chi connectivity index (χ3n) is 17.5. The van der Waals surface area contributed by atoms with Crippen LogP contribution in [0.4, 0.5) is 5.69 Å². The molecule has 0 spiro atoms. The van der Waals surface area contributed by atoms with Crippen LogP contribution >= 0.6 is 12.6 Å². The van der Waals surface area contributed by atoms with Crippen molar-refractivity contribution in [3.63, 3.8) is 0 Å². The van der Waals surface area contributed by atoms with E-state index in [1.54, 1.807) is 0 Å². The van der Waals surface area contributed by atoms with Gasteiger partial charge in [0, 0.05) is 63.1 Å². The molecule has 3 fully saturated rings. The van der Waals surface area contributed by atoms with Crippen LogP contribution in [0.5, 0.6) is 34.5 Å². The van der Waals surface area contributed by atoms with Crippen LogP contribution < -0.4 is 25.6 Å². The van der Waals surface area contributed by atoms with Crippen LogP contribution in [0, 0.1) is 69.1 Å². The summed E-state index contributed by atoms with van der Waals surface area (Å²) >= 11 is 3.86. The number of carboxylic acids is 6. The third-order valence-corrected chi connectivity index (χ3v) is 18.0. The van der Waals surface area contributed by atoms with E-state index in [0.717, 1.165) is 26.2 Å². The number of aliphatic hydroxyl groups is 10. The summed E-state index contributed by atoms with van der Waals surface area (Å²) < 4.78 is 28.4. The molecule has 4 aliphatic carbocycles. The van der Waals surface area contributed by atoms with Crippen molar-refractivity contribution in [3.8, 4) is 34.5 Å². The molecule has 554 valence electrons. The van der Waals surface area contributed by atoms with Crippen LogP contribution in [0.15, 0.2) is 33.1 Å². The van der Waals surface area contributed by atoms with Crippen molar-refractivity contribution in [1.82, 2.24) is 5.32 Å². The summed E-state index contributed by atoms with van der Waals surface area (Å²) in [4.78, 5) is 145. The minimum Gasteiger partial charge on any atom is -0.550 e. The van der Waals surface area contributed by atoms with E-state index in [2.05, 4.69) is 27.4 Å². The number of phenols is 4. The van der Waals surface area contributed by atoms with Gasteiger partial charge in [0.25, 0.3) is 6.47 Å². The number of hydrogen-bond acceptors (Lipinski definition) is 36. The zero-order valence-electron chi connectivity index (χ0n) is 53.2. The lowest BCUT2D eigenvalue weighted by Gasteiger charge is -2.42. The van der Waals surface area contributed by atoms with Crippen molar-refractivity contribution in [3.05, 3.63) is 65.3 Å². The first kappa shape index (κ1) is 83.1. The number of aliphatic hydroxyl groups excluding tert-OH is 10. The molecule has 2 aromatic carbocycles. The van der Waals surface area contributed by atoms with Crippen molar-refractivity contribution in [2.75, 3.05) is 18.9 Å². The van der Waals surface area contributed by atoms with E-state index in [-0.39, 0.29) is 55.9 Å². The topological polar surface area (TPSA) is 706 Å². The highest BCUT2D eigenvalue weighted by molar-refractivity contribution is 7.80. The monoisotopic (exact) mass is 1460 g/mol. The normalized spacial score (nSPS) is 25.7. The van der Waals surface area contributed by atoms with Gasteiger partial charge in [0.15, 0.2) is 28.7 Å². The van der Waals surface area contributed by atoms with Gasteiger partial charge in [0.05, 0.1) is 58.7 Å². The zero-order valence-corrected chi connectivity index (χ0v) is 54.1. The summed E-state index contributed by atoms with van der Waals surface area (Å²) in [6.07, 6.45) is -21.1. The molecule has 40 nitrogen and oxygen atoms in total. The molecule has 0 radical (unpaired) electrons. The van der Waals surface area contributed by atoms with E-state index in [0.29, 0.717) is 37.5 Å². The van der Waals surface area contributed by atoms with Gasteiger partial charge in [-0.25, -0.2) is 28.8 Å². The average molecular weight is 1460 g/mol. The number of Topliss-reactive ketones (excluding diaryl/α,β-unsaturated/α-hetero) is 1. The van der Waals surface area contributed by atoms with Gasteiger partial charge in [-0.2, -0.15) is 0 Å². The number of anilines is 1. The van der Waals surface area contributed by atoms with Gasteiger partial charge in [-0.3, -0.25) is 24.0 Å². The van der Waals surface area contributed by atoms with E-state index in [1.807, 2.05) is 6.92 Å². The number of esters is 4. The summed E-state index contributed by atoms with van der Waals surface area (Å²) in [6.45, 7) is 5.11. The standard InChI is InChI=1S/C37H35NO31S.C11H17NO4.C10H14O3.2CH3/c1-3-13(40)20(47)8(22(49)27(3)70)21(48)26(30(55)56)68-34(61)10-15(42)4(14(41)9(17(10)44)28(51)52)6(19(46)23(50)36(63)65-2-39)32(59)67-25-12(38)18(45)7(33(60)69-37(64)31(57)58)5-16(43)11(29(53)54)35(62)66-24(5)25;1-2-6-8(13)5-7-10(9(6)11(14)15)16-4-3-12-7;1-5(11)8-6-2-3-7(4-6)9(8)10(12)13;;/h2,4,6,9,14-15,19,21,23,26,35-36,40-50,62-63,70H,38H2,1H3,(H,51,52)(H,53,54)(H,55,56)(H,57,58);7,9-10,12-13H,2-5H2,1H3,(H,14,15);6-9H,2-4H2,1H3,(H,12,13);2*1H3/q;;;2*+1/p-1. The Kier molecular flexibility index (Phi) is 27.3. The molecule has 8 rings (SSSR count). The molecule has 2 aromatic rings. The van der Waals surface area contributed by atoms with Crippen LogP contribution in [-0.2, 0) is 71.7 Å². The van der Waals surface area contributed by atoms with Gasteiger partial charge in [-0.15, -0.1) is 12.6 Å². The van der Waals surface area contributed by atoms with Crippen molar-refractivity contribution in [2.24, 2.45) is 47.3 Å². The number of morpholine rings is 1. The molecule has 2 bridgehead atoms. The maximum Gasteiger partial charge on any atom is 0.425 e. The van der Waals surface area contributed by atoms with E-state index in [1.165, 1.54) is 6.92 Å². The number of benzene rings is 2. The molecule has 18 unspecified atom stereocenters. The van der Waals surface area contributed by atoms with Crippen LogP contribution in [0.1, 0.15) is 79.1 Å². The van der Waals surface area contributed by atoms with Crippen LogP contribution in [-0.4, -0.2) is 237 Å². The molecule has 1 saturated heterocycles. The van der Waals surface area contributed by atoms with Gasteiger partial charge in [-0.05, 0) is 56.9 Å². The molecule has 22 N–H and O–H groups in total. The molecular formula is C60H71N2O38S+. The van der Waals surface area contributed by atoms with Crippen molar-refractivity contribution in [2.45, 2.75) is 119 Å². The fraction of sp³-hybridized carbons (Fsp3) is 0.467. The number of hydrogen-bond donors (Lipinski definition) is 22. The lowest BCUT2D eigenvalue weighted by atomic mass is 9.68. The summed E-state index contributed by atoms with van der Waals surface area (Å²) in [6, 6.07) is -0.0786. The number of nitrogen functional groups attached to an aromatic ring is 1. The Bertz CT molecular complexity index is 3690. The van der Waals surface area contributed by atoms with E-state index in [9.17, 15) is 155 Å². The molecule has 2 heterocycles. The highest BCUT2D eigenvalue weighted by Crippen LogP contribution is 2.55. The van der Waals surface area contributed by atoms with Gasteiger partial charge >= 0.3 is 53.7 Å². The minimum absolute atomic E-state index is 0. The van der Waals surface area contributed by atoms with Crippen LogP contribution in [0.2, 0.25) is 0 Å². The Balaban J connectivity index is 0.000000564. The second kappa shape index (κ2) is 33.2. The molecule has 0 aromatic heterocycles. The number of carbonyl (C=O) groups excluding carboxylic acids is 7. The predicted octanol–water partition coefficient (Wildman–Crippen LogP) is -3.59. The van der Waals surface area contributed by atoms with Crippen molar-refractivity contribution < 1.29 is 188 Å². The number of phenolic OH excluding ortho intramolecular Hbond substituents is 4. The number of thiol groups is 1. The summed E-state index contributed by atoms with van der Waals surface area (Å²) in [7, 11) is 0. The highest BCUT2D eigenvalue weighted by Gasteiger charge is 2.58. The van der Waals surface area contributed by atoms with E-state index >= 15 is 0 Å². The number of ketones is 1. The maximum atomic E-state index is 14.4. The van der Waals surface area contributed by atoms with Gasteiger partial charge in [0.1, 0.15) is 69.5 Å². The molecule has 18 atom stereocenters. The highest BCUT2D eigenvalue weighted by atomic mass is 32.1. The number of aromatic hydroxyl groups is 4. The molecule has 2 aliphatic heterocycles. The second-order valence-corrected chi connectivity index (χ2v) is 23.4. The number of rotatable bonds is 20. The summed E-state index contributed by atoms with van der Waals surface area (Å²) in [5.74, 6) is -43.5. The third kappa shape index (κ3) is 16.1. The number of nitrogens with two attached hydrogens (primary N) is 1. The Morgan fingerprint density at radius 2 is 1.38 bits per heavy atom. The van der Waals surface area contributed by atoms with E-state index < -0.39 is 229 Å². The maximum absolute atomic E-state index is 14.4. The van der Waals surface area contributed by atoms with Gasteiger partial charge in [0.2, 0.25) is 18.7 Å². The molecule has 101 heavy (non-hydrogen) atoms. The molecule has 2 saturated carbocycles. The summed E-state index contributed by atoms with van der Waals surface area (Å²) in [5, 5.41) is 213. The minimum atomic E-state index is -3.27. The smallest absolute Gasteiger partial charge is 0.425 e. The van der Waals surface area contributed by atoms with Gasteiger partial charge < -0.3 is 146 Å². The number of fused-ring (bicyclic) bond motifs is 4. The molecule has 0 amide bonds. The number of ether oxygens (including phenoxy) is 6. The van der Waals surface area contributed by atoms with Crippen LogP contribution in [0.25, 0.3) is 5.76 Å². The fourth-order valence-corrected chi connectivity index (χ4v) is 13.1. The zero-order chi connectivity index (χ0) is 74.7. The molecular weight excluding hydrogens is 1390 g/mol. The quantitative estimate of drug-likeness (QED) is 0.00495. The number of carbonyl (C=O) groups is 12. The SMILES string of the molecule is CC(=O)C1C2CCC(C2)C1C(=O)[O-].CCC1=C(O)CC2NCCOC2C1C(=O)O.Cc1c(O)c(O)c(C(O)C(OC(=O)C2=C(O)C(C(=O)O)C(O)C(C(C(=O)Oc3c(N)c(O)c(C(=O)OC(=O)C(=O)O)c4c3OC(O)C(C(=O)O)=C4O)C(O)C(O)C(O)OC=O)C2O)C(=O)O)c(O)c1S.[CH3+].[CH3+]. The lowest BCUT2D eigenvalue weighted by molar-refractivity contribution is -0.314. The van der Waals surface area contributed by atoms with Crippen LogP contribution in [0.3, 0.4) is 0 Å². The predicted molar refractivity (Wildman–Crippen MR) is 324 cm³/mol. The first-order valence-corrected chi connectivity index (χ1v) is 29.4. The van der Waals surface area contributed by atoms with Crippen molar-refractivity contribution >= 4 is 96.0 Å². The number of nitrogens with one attached hydrogen (secondary N) is 1. The van der Waals surface area contributed by atoms with Crippen molar-refractivity contribution in [1.29, 1.82) is 0 Å². The number of aliphatic carboxylic acids is 6. The molecule has 41 heteroatoms. The Labute approximate surface area is 572 Å². The lowest BCUT2D eigenvalue weighted by Crippen LogP contribution is -2.58. The largest absolute Gasteiger partial charge is 0.550 e. The Morgan fingerprint density at radius 3 is 1.88 bits per heavy atom.